The third-order valence-electron chi connectivity index (χ3n) is 7.59. The van der Waals surface area contributed by atoms with Gasteiger partial charge >= 0.3 is 0 Å². The molecular weight excluding hydrogens is 350 g/mol. The van der Waals surface area contributed by atoms with E-state index in [1.54, 1.807) is 0 Å². The van der Waals surface area contributed by atoms with E-state index in [4.69, 9.17) is 0 Å². The topological polar surface area (TPSA) is 58.4 Å². The van der Waals surface area contributed by atoms with Crippen LogP contribution in [0.2, 0.25) is 0 Å². The molecule has 1 aliphatic heterocycles. The minimum absolute atomic E-state index is 0.0607. The molecule has 2 heterocycles. The number of aliphatic hydroxyl groups is 1. The third-order valence-corrected chi connectivity index (χ3v) is 7.59. The molecule has 28 heavy (non-hydrogen) atoms. The van der Waals surface area contributed by atoms with Crippen molar-refractivity contribution in [3.63, 3.8) is 0 Å². The summed E-state index contributed by atoms with van der Waals surface area (Å²) in [5, 5.41) is 15.4. The largest absolute Gasteiger partial charge is 0.390 e. The molecule has 2 aliphatic carbocycles. The highest BCUT2D eigenvalue weighted by Crippen LogP contribution is 2.48. The predicted octanol–water partition coefficient (Wildman–Crippen LogP) is 3.30. The molecule has 5 nitrogen and oxygen atoms in total. The lowest BCUT2D eigenvalue weighted by molar-refractivity contribution is -0.163. The Bertz CT molecular complexity index is 892. The highest BCUT2D eigenvalue weighted by Gasteiger charge is 2.51. The molecular formula is C23H31N3O2. The van der Waals surface area contributed by atoms with Gasteiger partial charge in [0, 0.05) is 36.9 Å². The van der Waals surface area contributed by atoms with Gasteiger partial charge in [-0.05, 0) is 69.4 Å². The number of hydrogen-bond donors (Lipinski definition) is 1. The highest BCUT2D eigenvalue weighted by molar-refractivity contribution is 5.81. The second-order valence-electron chi connectivity index (χ2n) is 10.1. The van der Waals surface area contributed by atoms with Gasteiger partial charge in [0.1, 0.15) is 0 Å². The van der Waals surface area contributed by atoms with Crippen LogP contribution in [-0.2, 0) is 18.3 Å². The summed E-state index contributed by atoms with van der Waals surface area (Å²) in [5.41, 5.74) is 2.40. The number of amides is 1. The average Bonchev–Trinajstić information content (AvgIpc) is 2.99. The number of aryl methyl sites for hydroxylation is 1. The van der Waals surface area contributed by atoms with Crippen molar-refractivity contribution in [3.8, 4) is 0 Å². The average molecular weight is 382 g/mol. The molecule has 150 valence electrons. The first-order valence-electron chi connectivity index (χ1n) is 10.7. The molecule has 1 aromatic heterocycles. The maximum atomic E-state index is 12.5. The van der Waals surface area contributed by atoms with Crippen LogP contribution in [0.4, 0.5) is 0 Å². The highest BCUT2D eigenvalue weighted by atomic mass is 16.3. The Labute approximate surface area is 166 Å². The van der Waals surface area contributed by atoms with Crippen LogP contribution in [0.3, 0.4) is 0 Å². The zero-order valence-electron chi connectivity index (χ0n) is 17.0. The van der Waals surface area contributed by atoms with Crippen LogP contribution in [0.15, 0.2) is 24.4 Å². The number of benzene rings is 1. The third kappa shape index (κ3) is 3.14. The Morgan fingerprint density at radius 2 is 1.96 bits per heavy atom. The van der Waals surface area contributed by atoms with E-state index in [0.717, 1.165) is 25.4 Å². The molecule has 0 radical (unpaired) electrons. The summed E-state index contributed by atoms with van der Waals surface area (Å²) in [6.45, 7) is 3.72. The van der Waals surface area contributed by atoms with Gasteiger partial charge in [-0.15, -0.1) is 0 Å². The lowest BCUT2D eigenvalue weighted by atomic mass is 9.64. The molecule has 0 unspecified atom stereocenters. The van der Waals surface area contributed by atoms with Crippen molar-refractivity contribution < 1.29 is 9.90 Å². The smallest absolute Gasteiger partial charge is 0.225 e. The lowest BCUT2D eigenvalue weighted by Gasteiger charge is -2.55. The Balaban J connectivity index is 1.13. The van der Waals surface area contributed by atoms with E-state index in [1.807, 2.05) is 24.9 Å². The van der Waals surface area contributed by atoms with Crippen molar-refractivity contribution in [3.05, 3.63) is 30.0 Å². The molecule has 0 bridgehead atoms. The van der Waals surface area contributed by atoms with E-state index in [2.05, 4.69) is 28.2 Å². The zero-order chi connectivity index (χ0) is 19.5. The van der Waals surface area contributed by atoms with Crippen molar-refractivity contribution in [2.24, 2.45) is 24.3 Å². The van der Waals surface area contributed by atoms with Crippen molar-refractivity contribution in [2.75, 3.05) is 13.1 Å². The molecule has 1 spiro atoms. The molecule has 2 aromatic rings. The maximum Gasteiger partial charge on any atom is 0.225 e. The normalized spacial score (nSPS) is 29.7. The number of carbonyl (C=O) groups is 1. The fourth-order valence-corrected chi connectivity index (χ4v) is 5.81. The monoisotopic (exact) mass is 381 g/mol. The molecule has 0 atom stereocenters. The molecule has 2 saturated carbocycles. The summed E-state index contributed by atoms with van der Waals surface area (Å²) < 4.78 is 1.95. The van der Waals surface area contributed by atoms with Gasteiger partial charge in [-0.25, -0.2) is 0 Å². The summed E-state index contributed by atoms with van der Waals surface area (Å²) >= 11 is 0. The van der Waals surface area contributed by atoms with Crippen LogP contribution in [0.25, 0.3) is 10.9 Å². The van der Waals surface area contributed by atoms with Gasteiger partial charge in [0.15, 0.2) is 0 Å². The van der Waals surface area contributed by atoms with Gasteiger partial charge in [0.25, 0.3) is 0 Å². The van der Waals surface area contributed by atoms with E-state index < -0.39 is 5.60 Å². The summed E-state index contributed by atoms with van der Waals surface area (Å²) in [6.07, 6.45) is 9.38. The fourth-order valence-electron chi connectivity index (χ4n) is 5.81. The first-order valence-corrected chi connectivity index (χ1v) is 10.7. The number of carbonyl (C=O) groups excluding carboxylic acids is 1. The molecule has 1 N–H and O–H groups in total. The predicted molar refractivity (Wildman–Crippen MR) is 109 cm³/mol. The number of aromatic nitrogens is 2. The van der Waals surface area contributed by atoms with Crippen molar-refractivity contribution >= 4 is 16.8 Å². The van der Waals surface area contributed by atoms with Crippen molar-refractivity contribution in [1.82, 2.24) is 14.7 Å². The van der Waals surface area contributed by atoms with Gasteiger partial charge in [-0.2, -0.15) is 5.10 Å². The maximum absolute atomic E-state index is 12.5. The molecule has 5 rings (SSSR count). The minimum Gasteiger partial charge on any atom is -0.390 e. The summed E-state index contributed by atoms with van der Waals surface area (Å²) in [6, 6.07) is 6.74. The van der Waals surface area contributed by atoms with Crippen LogP contribution < -0.4 is 0 Å². The Morgan fingerprint density at radius 1 is 1.25 bits per heavy atom. The molecule has 1 aromatic carbocycles. The fraction of sp³-hybridized carbons (Fsp3) is 0.652. The quantitative estimate of drug-likeness (QED) is 0.887. The molecule has 1 amide bonds. The number of rotatable bonds is 3. The minimum atomic E-state index is -0.612. The van der Waals surface area contributed by atoms with Gasteiger partial charge in [-0.1, -0.05) is 12.1 Å². The van der Waals surface area contributed by atoms with E-state index in [1.165, 1.54) is 42.1 Å². The molecule has 5 heteroatoms. The molecule has 1 saturated heterocycles. The van der Waals surface area contributed by atoms with Crippen LogP contribution >= 0.6 is 0 Å². The number of hydrogen-bond acceptors (Lipinski definition) is 3. The van der Waals surface area contributed by atoms with E-state index >= 15 is 0 Å². The number of likely N-dealkylation sites (tertiary alicyclic amines) is 1. The lowest BCUT2D eigenvalue weighted by Crippen LogP contribution is -2.62. The van der Waals surface area contributed by atoms with Crippen molar-refractivity contribution in [2.45, 2.75) is 57.5 Å². The SMILES string of the molecule is Cn1ncc2ccc(CC3CCC4(CC3)CN(C(=O)[C@H]3C[C@@](C)(O)C3)C4)cc21. The van der Waals surface area contributed by atoms with Crippen LogP contribution in [0, 0.1) is 17.3 Å². The first kappa shape index (κ1) is 18.2. The Kier molecular flexibility index (Phi) is 4.10. The van der Waals surface area contributed by atoms with Crippen LogP contribution in [0.1, 0.15) is 51.0 Å². The van der Waals surface area contributed by atoms with Crippen LogP contribution in [0.5, 0.6) is 0 Å². The van der Waals surface area contributed by atoms with E-state index in [9.17, 15) is 9.90 Å². The van der Waals surface area contributed by atoms with Gasteiger partial charge < -0.3 is 10.0 Å². The molecule has 3 aliphatic rings. The molecule has 3 fully saturated rings. The summed E-state index contributed by atoms with van der Waals surface area (Å²) in [5.74, 6) is 1.09. The Hall–Kier alpha value is -1.88. The van der Waals surface area contributed by atoms with Crippen LogP contribution in [-0.4, -0.2) is 44.4 Å². The second kappa shape index (κ2) is 6.31. The standard InChI is InChI=1S/C23H31N3O2/c1-22(28)11-19(12-22)21(27)26-14-23(15-26)7-5-16(6-8-23)9-17-3-4-18-13-24-25(2)20(18)10-17/h3-4,10,13,16,19,28H,5-9,11-12,14-15H2,1-2H3/t19-,22+. The first-order chi connectivity index (χ1) is 13.3. The van der Waals surface area contributed by atoms with Crippen molar-refractivity contribution in [1.29, 1.82) is 0 Å². The second-order valence-corrected chi connectivity index (χ2v) is 10.1. The zero-order valence-corrected chi connectivity index (χ0v) is 17.0. The van der Waals surface area contributed by atoms with E-state index in [-0.39, 0.29) is 11.8 Å². The Morgan fingerprint density at radius 3 is 2.64 bits per heavy atom. The van der Waals surface area contributed by atoms with Gasteiger partial charge in [-0.3, -0.25) is 9.48 Å². The number of nitrogens with zero attached hydrogens (tertiary/aromatic N) is 3. The van der Waals surface area contributed by atoms with Gasteiger partial charge in [0.2, 0.25) is 5.91 Å². The summed E-state index contributed by atoms with van der Waals surface area (Å²) in [4.78, 5) is 14.6. The van der Waals surface area contributed by atoms with E-state index in [0.29, 0.717) is 18.3 Å². The summed E-state index contributed by atoms with van der Waals surface area (Å²) in [7, 11) is 2.00. The number of fused-ring (bicyclic) bond motifs is 1. The van der Waals surface area contributed by atoms with Gasteiger partial charge in [0.05, 0.1) is 17.3 Å².